The average molecular weight is 373 g/mol. The van der Waals surface area contributed by atoms with E-state index in [2.05, 4.69) is 24.4 Å². The maximum Gasteiger partial charge on any atom is 0.241 e. The van der Waals surface area contributed by atoms with Crippen LogP contribution >= 0.6 is 0 Å². The van der Waals surface area contributed by atoms with Crippen molar-refractivity contribution in [1.29, 1.82) is 0 Å². The number of benzene rings is 1. The maximum absolute atomic E-state index is 12.4. The Morgan fingerprint density at radius 1 is 1.15 bits per heavy atom. The number of nitrogens with one attached hydrogen (secondary N) is 1. The Hall–Kier alpha value is -2.37. The Morgan fingerprint density at radius 3 is 2.41 bits per heavy atom. The second kappa shape index (κ2) is 10.1. The minimum atomic E-state index is -0.415. The fourth-order valence-corrected chi connectivity index (χ4v) is 3.35. The monoisotopic (exact) mass is 373 g/mol. The smallest absolute Gasteiger partial charge is 0.241 e. The summed E-state index contributed by atoms with van der Waals surface area (Å²) in [4.78, 5) is 40.1. The summed E-state index contributed by atoms with van der Waals surface area (Å²) in [6.07, 6.45) is 3.52. The standard InChI is InChI=1S/C21H31N3O3/c1-4-7-8-16-9-11-18(12-10-16)24-15-17(13-19(24)25)21(27)22-14-20(26)23(5-2)6-3/h9-12,17H,4-8,13-15H2,1-3H3,(H,22,27). The molecule has 0 aromatic heterocycles. The van der Waals surface area contributed by atoms with Crippen LogP contribution in [0.3, 0.4) is 0 Å². The number of carbonyl (C=O) groups excluding carboxylic acids is 3. The number of anilines is 1. The van der Waals surface area contributed by atoms with Gasteiger partial charge in [-0.25, -0.2) is 0 Å². The van der Waals surface area contributed by atoms with Crippen LogP contribution in [0.1, 0.15) is 45.6 Å². The number of amides is 3. The van der Waals surface area contributed by atoms with Crippen molar-refractivity contribution in [2.75, 3.05) is 31.1 Å². The molecule has 1 heterocycles. The van der Waals surface area contributed by atoms with Gasteiger partial charge >= 0.3 is 0 Å². The van der Waals surface area contributed by atoms with Gasteiger partial charge in [-0.05, 0) is 44.4 Å². The van der Waals surface area contributed by atoms with Crippen LogP contribution in [-0.2, 0) is 20.8 Å². The van der Waals surface area contributed by atoms with E-state index in [1.165, 1.54) is 5.56 Å². The van der Waals surface area contributed by atoms with Crippen LogP contribution in [0.25, 0.3) is 0 Å². The first-order chi connectivity index (χ1) is 13.0. The molecule has 1 fully saturated rings. The maximum atomic E-state index is 12.4. The van der Waals surface area contributed by atoms with Gasteiger partial charge in [0.2, 0.25) is 17.7 Å². The van der Waals surface area contributed by atoms with Crippen molar-refractivity contribution in [3.05, 3.63) is 29.8 Å². The lowest BCUT2D eigenvalue weighted by Crippen LogP contribution is -2.42. The normalized spacial score (nSPS) is 16.5. The van der Waals surface area contributed by atoms with E-state index in [-0.39, 0.29) is 30.7 Å². The van der Waals surface area contributed by atoms with E-state index >= 15 is 0 Å². The molecule has 1 N–H and O–H groups in total. The van der Waals surface area contributed by atoms with Crippen molar-refractivity contribution in [2.24, 2.45) is 5.92 Å². The predicted molar refractivity (Wildman–Crippen MR) is 106 cm³/mol. The third-order valence-corrected chi connectivity index (χ3v) is 5.09. The van der Waals surface area contributed by atoms with E-state index in [1.54, 1.807) is 9.80 Å². The number of rotatable bonds is 9. The van der Waals surface area contributed by atoms with E-state index in [0.29, 0.717) is 19.6 Å². The summed E-state index contributed by atoms with van der Waals surface area (Å²) in [5.74, 6) is -0.795. The summed E-state index contributed by atoms with van der Waals surface area (Å²) in [6, 6.07) is 8.00. The quantitative estimate of drug-likeness (QED) is 0.722. The molecule has 1 aromatic rings. The first-order valence-electron chi connectivity index (χ1n) is 9.94. The van der Waals surface area contributed by atoms with Crippen LogP contribution in [0.4, 0.5) is 5.69 Å². The van der Waals surface area contributed by atoms with Gasteiger partial charge in [-0.2, -0.15) is 0 Å². The third kappa shape index (κ3) is 5.55. The highest BCUT2D eigenvalue weighted by atomic mass is 16.2. The predicted octanol–water partition coefficient (Wildman–Crippen LogP) is 2.37. The molecule has 6 heteroatoms. The molecule has 1 atom stereocenters. The van der Waals surface area contributed by atoms with Crippen molar-refractivity contribution >= 4 is 23.4 Å². The molecule has 1 saturated heterocycles. The van der Waals surface area contributed by atoms with E-state index in [4.69, 9.17) is 0 Å². The second-order valence-corrected chi connectivity index (χ2v) is 6.96. The average Bonchev–Trinajstić information content (AvgIpc) is 3.07. The molecule has 1 aliphatic rings. The molecule has 0 saturated carbocycles. The molecular formula is C21H31N3O3. The minimum Gasteiger partial charge on any atom is -0.347 e. The molecule has 1 aromatic carbocycles. The summed E-state index contributed by atoms with van der Waals surface area (Å²) in [7, 11) is 0. The van der Waals surface area contributed by atoms with Crippen LogP contribution in [0.2, 0.25) is 0 Å². The number of hydrogen-bond acceptors (Lipinski definition) is 3. The molecule has 1 aliphatic heterocycles. The Kier molecular flexibility index (Phi) is 7.82. The van der Waals surface area contributed by atoms with E-state index in [1.807, 2.05) is 26.0 Å². The number of likely N-dealkylation sites (N-methyl/N-ethyl adjacent to an activating group) is 1. The third-order valence-electron chi connectivity index (χ3n) is 5.09. The summed E-state index contributed by atoms with van der Waals surface area (Å²) in [5.41, 5.74) is 2.09. The van der Waals surface area contributed by atoms with Gasteiger partial charge in [-0.15, -0.1) is 0 Å². The number of aryl methyl sites for hydroxylation is 1. The lowest BCUT2D eigenvalue weighted by atomic mass is 10.1. The highest BCUT2D eigenvalue weighted by Crippen LogP contribution is 2.25. The van der Waals surface area contributed by atoms with Gasteiger partial charge in [0.25, 0.3) is 0 Å². The Labute approximate surface area is 161 Å². The van der Waals surface area contributed by atoms with Crippen LogP contribution in [-0.4, -0.2) is 48.8 Å². The van der Waals surface area contributed by atoms with Crippen molar-refractivity contribution < 1.29 is 14.4 Å². The molecule has 6 nitrogen and oxygen atoms in total. The van der Waals surface area contributed by atoms with Crippen LogP contribution in [0, 0.1) is 5.92 Å². The van der Waals surface area contributed by atoms with Gasteiger partial charge in [-0.1, -0.05) is 25.5 Å². The Morgan fingerprint density at radius 2 is 1.81 bits per heavy atom. The van der Waals surface area contributed by atoms with Gasteiger partial charge in [0, 0.05) is 31.7 Å². The summed E-state index contributed by atoms with van der Waals surface area (Å²) < 4.78 is 0. The lowest BCUT2D eigenvalue weighted by molar-refractivity contribution is -0.133. The molecule has 0 spiro atoms. The van der Waals surface area contributed by atoms with Gasteiger partial charge in [-0.3, -0.25) is 14.4 Å². The minimum absolute atomic E-state index is 0.0165. The topological polar surface area (TPSA) is 69.7 Å². The highest BCUT2D eigenvalue weighted by Gasteiger charge is 2.35. The highest BCUT2D eigenvalue weighted by molar-refractivity contribution is 6.00. The van der Waals surface area contributed by atoms with Crippen molar-refractivity contribution in [3.8, 4) is 0 Å². The van der Waals surface area contributed by atoms with E-state index < -0.39 is 5.92 Å². The lowest BCUT2D eigenvalue weighted by Gasteiger charge is -2.20. The molecule has 3 amide bonds. The first kappa shape index (κ1) is 20.9. The van der Waals surface area contributed by atoms with Crippen molar-refractivity contribution in [3.63, 3.8) is 0 Å². The number of carbonyl (C=O) groups is 3. The summed E-state index contributed by atoms with van der Waals surface area (Å²) in [6.45, 7) is 7.56. The van der Waals surface area contributed by atoms with Gasteiger partial charge in [0.15, 0.2) is 0 Å². The largest absolute Gasteiger partial charge is 0.347 e. The zero-order valence-corrected chi connectivity index (χ0v) is 16.7. The van der Waals surface area contributed by atoms with E-state index in [9.17, 15) is 14.4 Å². The van der Waals surface area contributed by atoms with Crippen molar-refractivity contribution in [2.45, 2.75) is 46.5 Å². The molecule has 27 heavy (non-hydrogen) atoms. The van der Waals surface area contributed by atoms with Gasteiger partial charge in [0.05, 0.1) is 12.5 Å². The molecular weight excluding hydrogens is 342 g/mol. The number of nitrogens with zero attached hydrogens (tertiary/aromatic N) is 2. The molecule has 148 valence electrons. The number of unbranched alkanes of at least 4 members (excludes halogenated alkanes) is 1. The summed E-state index contributed by atoms with van der Waals surface area (Å²) >= 11 is 0. The molecule has 2 rings (SSSR count). The fraction of sp³-hybridized carbons (Fsp3) is 0.571. The Bertz CT molecular complexity index is 653. The first-order valence-corrected chi connectivity index (χ1v) is 9.94. The van der Waals surface area contributed by atoms with Gasteiger partial charge in [0.1, 0.15) is 0 Å². The van der Waals surface area contributed by atoms with Crippen molar-refractivity contribution in [1.82, 2.24) is 10.2 Å². The zero-order valence-electron chi connectivity index (χ0n) is 16.7. The second-order valence-electron chi connectivity index (χ2n) is 6.96. The fourth-order valence-electron chi connectivity index (χ4n) is 3.35. The van der Waals surface area contributed by atoms with Crippen LogP contribution < -0.4 is 10.2 Å². The van der Waals surface area contributed by atoms with Crippen LogP contribution in [0.5, 0.6) is 0 Å². The zero-order chi connectivity index (χ0) is 19.8. The molecule has 1 unspecified atom stereocenters. The molecule has 0 aliphatic carbocycles. The Balaban J connectivity index is 1.90. The number of hydrogen-bond donors (Lipinski definition) is 1. The van der Waals surface area contributed by atoms with Crippen LogP contribution in [0.15, 0.2) is 24.3 Å². The SMILES string of the molecule is CCCCc1ccc(N2CC(C(=O)NCC(=O)N(CC)CC)CC2=O)cc1. The molecule has 0 bridgehead atoms. The summed E-state index contributed by atoms with van der Waals surface area (Å²) in [5, 5.41) is 2.69. The molecule has 0 radical (unpaired) electrons. The van der Waals surface area contributed by atoms with Gasteiger partial charge < -0.3 is 15.1 Å². The van der Waals surface area contributed by atoms with E-state index in [0.717, 1.165) is 24.9 Å².